The fraction of sp³-hybridized carbons (Fsp3) is 0.111. The summed E-state index contributed by atoms with van der Waals surface area (Å²) in [4.78, 5) is 26.3. The van der Waals surface area contributed by atoms with Gasteiger partial charge in [0.1, 0.15) is 43.6 Å². The molecule has 0 fully saturated rings. The largest absolute Gasteiger partial charge is 0.489 e. The molecule has 0 spiro atoms. The van der Waals surface area contributed by atoms with Crippen LogP contribution < -0.4 is 19.1 Å². The third kappa shape index (κ3) is 8.47. The average Bonchev–Trinajstić information content (AvgIpc) is 3.05. The van der Waals surface area contributed by atoms with Crippen LogP contribution in [0, 0.1) is 0 Å². The smallest absolute Gasteiger partial charge is 0.323 e. The molecule has 216 valence electrons. The quantitative estimate of drug-likeness (QED) is 0.161. The van der Waals surface area contributed by atoms with Gasteiger partial charge in [-0.15, -0.1) is 0 Å². The number of benzene rings is 5. The minimum atomic E-state index is -1.13. The third-order valence-electron chi connectivity index (χ3n) is 6.57. The van der Waals surface area contributed by atoms with Crippen molar-refractivity contribution in [1.29, 1.82) is 0 Å². The van der Waals surface area contributed by atoms with E-state index < -0.39 is 18.4 Å². The first kappa shape index (κ1) is 29.0. The molecule has 0 aliphatic heterocycles. The Labute approximate surface area is 250 Å². The number of nitrogens with zero attached hydrogens (tertiary/aromatic N) is 1. The van der Waals surface area contributed by atoms with Gasteiger partial charge in [0.25, 0.3) is 5.91 Å². The van der Waals surface area contributed by atoms with E-state index >= 15 is 0 Å². The van der Waals surface area contributed by atoms with Crippen LogP contribution >= 0.6 is 0 Å². The monoisotopic (exact) mass is 573 g/mol. The highest BCUT2D eigenvalue weighted by molar-refractivity contribution is 6.08. The molecule has 0 saturated carbocycles. The predicted octanol–water partition coefficient (Wildman–Crippen LogP) is 7.16. The van der Waals surface area contributed by atoms with E-state index in [-0.39, 0.29) is 0 Å². The molecule has 0 radical (unpaired) electrons. The van der Waals surface area contributed by atoms with Crippen molar-refractivity contribution in [2.24, 2.45) is 0 Å². The number of rotatable bonds is 13. The predicted molar refractivity (Wildman–Crippen MR) is 165 cm³/mol. The molecule has 0 bridgehead atoms. The molecule has 0 heterocycles. The number of ether oxygens (including phenoxy) is 3. The number of carboxylic acids is 1. The molecule has 0 aromatic heterocycles. The van der Waals surface area contributed by atoms with Gasteiger partial charge in [-0.25, -0.2) is 0 Å². The van der Waals surface area contributed by atoms with Crippen LogP contribution in [0.3, 0.4) is 0 Å². The lowest BCUT2D eigenvalue weighted by atomic mass is 10.1. The summed E-state index contributed by atoms with van der Waals surface area (Å²) in [7, 11) is 0. The van der Waals surface area contributed by atoms with Gasteiger partial charge < -0.3 is 19.3 Å². The van der Waals surface area contributed by atoms with Crippen LogP contribution in [-0.2, 0) is 24.6 Å². The van der Waals surface area contributed by atoms with Crippen molar-refractivity contribution in [3.05, 3.63) is 156 Å². The van der Waals surface area contributed by atoms with Crippen LogP contribution in [0.25, 0.3) is 0 Å². The van der Waals surface area contributed by atoms with E-state index in [0.29, 0.717) is 42.6 Å². The highest BCUT2D eigenvalue weighted by Crippen LogP contribution is 2.25. The Morgan fingerprint density at radius 3 is 1.65 bits per heavy atom. The van der Waals surface area contributed by atoms with E-state index in [2.05, 4.69) is 0 Å². The lowest BCUT2D eigenvalue weighted by molar-refractivity contribution is -0.135. The second kappa shape index (κ2) is 14.4. The Morgan fingerprint density at radius 1 is 0.535 bits per heavy atom. The maximum absolute atomic E-state index is 13.4. The topological polar surface area (TPSA) is 85.3 Å². The molecule has 7 heteroatoms. The maximum Gasteiger partial charge on any atom is 0.323 e. The Bertz CT molecular complexity index is 1640. The maximum atomic E-state index is 13.4. The van der Waals surface area contributed by atoms with E-state index in [0.717, 1.165) is 22.4 Å². The first-order valence-electron chi connectivity index (χ1n) is 13.8. The van der Waals surface area contributed by atoms with Crippen LogP contribution in [-0.4, -0.2) is 23.5 Å². The lowest BCUT2D eigenvalue weighted by Crippen LogP contribution is -2.35. The third-order valence-corrected chi connectivity index (χ3v) is 6.57. The molecule has 0 aliphatic carbocycles. The van der Waals surface area contributed by atoms with Crippen LogP contribution in [0.1, 0.15) is 27.0 Å². The second-order valence-electron chi connectivity index (χ2n) is 9.79. The van der Waals surface area contributed by atoms with Crippen molar-refractivity contribution >= 4 is 17.6 Å². The van der Waals surface area contributed by atoms with E-state index in [1.807, 2.05) is 84.9 Å². The number of aliphatic carboxylic acids is 1. The summed E-state index contributed by atoms with van der Waals surface area (Å²) < 4.78 is 17.7. The fourth-order valence-corrected chi connectivity index (χ4v) is 4.38. The lowest BCUT2D eigenvalue weighted by Gasteiger charge is -2.22. The molecule has 0 unspecified atom stereocenters. The number of carbonyl (C=O) groups excluding carboxylic acids is 1. The molecule has 1 N–H and O–H groups in total. The zero-order chi connectivity index (χ0) is 29.9. The first-order valence-corrected chi connectivity index (χ1v) is 13.8. The summed E-state index contributed by atoms with van der Waals surface area (Å²) in [5, 5.41) is 9.54. The molecular formula is C36H31NO6. The highest BCUT2D eigenvalue weighted by Gasteiger charge is 2.21. The number of anilines is 1. The summed E-state index contributed by atoms with van der Waals surface area (Å²) in [5.74, 6) is 0.284. The number of carboxylic acid groups (broad SMARTS) is 1. The Kier molecular flexibility index (Phi) is 9.67. The van der Waals surface area contributed by atoms with Crippen molar-refractivity contribution in [3.8, 4) is 17.2 Å². The highest BCUT2D eigenvalue weighted by atomic mass is 16.5. The zero-order valence-electron chi connectivity index (χ0n) is 23.5. The average molecular weight is 574 g/mol. The Morgan fingerprint density at radius 2 is 1.05 bits per heavy atom. The Hall–Kier alpha value is -5.56. The summed E-state index contributed by atoms with van der Waals surface area (Å²) >= 11 is 0. The molecule has 5 aromatic carbocycles. The van der Waals surface area contributed by atoms with Gasteiger partial charge >= 0.3 is 5.97 Å². The standard InChI is InChI=1S/C36H31NO6/c38-35(39)23-37(31-14-8-16-34(22-31)43-25-28-11-5-2-6-12-28)36(40)30-17-19-32(20-18-30)41-26-29-13-7-15-33(21-29)42-24-27-9-3-1-4-10-27/h1-22H,23-26H2,(H,38,39). The molecule has 7 nitrogen and oxygen atoms in total. The summed E-state index contributed by atoms with van der Waals surface area (Å²) in [5.41, 5.74) is 3.78. The van der Waals surface area contributed by atoms with Crippen molar-refractivity contribution in [1.82, 2.24) is 0 Å². The van der Waals surface area contributed by atoms with Crippen LogP contribution in [0.15, 0.2) is 133 Å². The molecule has 43 heavy (non-hydrogen) atoms. The fourth-order valence-electron chi connectivity index (χ4n) is 4.38. The molecule has 0 atom stereocenters. The van der Waals surface area contributed by atoms with Gasteiger partial charge in [0.15, 0.2) is 0 Å². The number of amides is 1. The van der Waals surface area contributed by atoms with Gasteiger partial charge in [-0.1, -0.05) is 78.9 Å². The van der Waals surface area contributed by atoms with Crippen LogP contribution in [0.5, 0.6) is 17.2 Å². The second-order valence-corrected chi connectivity index (χ2v) is 9.79. The van der Waals surface area contributed by atoms with Crippen molar-refractivity contribution in [3.63, 3.8) is 0 Å². The summed E-state index contributed by atoms with van der Waals surface area (Å²) in [6.45, 7) is 0.646. The first-order chi connectivity index (χ1) is 21.0. The van der Waals surface area contributed by atoms with Crippen molar-refractivity contribution in [2.75, 3.05) is 11.4 Å². The minimum Gasteiger partial charge on any atom is -0.489 e. The van der Waals surface area contributed by atoms with Crippen molar-refractivity contribution in [2.45, 2.75) is 19.8 Å². The van der Waals surface area contributed by atoms with E-state index in [4.69, 9.17) is 14.2 Å². The van der Waals surface area contributed by atoms with Crippen molar-refractivity contribution < 1.29 is 28.9 Å². The molecule has 0 aliphatic rings. The number of hydrogen-bond donors (Lipinski definition) is 1. The van der Waals surface area contributed by atoms with Gasteiger partial charge in [0.2, 0.25) is 0 Å². The SMILES string of the molecule is O=C(O)CN(C(=O)c1ccc(OCc2cccc(OCc3ccccc3)c2)cc1)c1cccc(OCc2ccccc2)c1. The molecule has 1 amide bonds. The van der Waals surface area contributed by atoms with Crippen LogP contribution in [0.4, 0.5) is 5.69 Å². The zero-order valence-corrected chi connectivity index (χ0v) is 23.5. The van der Waals surface area contributed by atoms with Gasteiger partial charge in [0.05, 0.1) is 0 Å². The van der Waals surface area contributed by atoms with Crippen LogP contribution in [0.2, 0.25) is 0 Å². The van der Waals surface area contributed by atoms with E-state index in [1.165, 1.54) is 4.90 Å². The van der Waals surface area contributed by atoms with E-state index in [9.17, 15) is 14.7 Å². The Balaban J connectivity index is 1.21. The minimum absolute atomic E-state index is 0.316. The van der Waals surface area contributed by atoms with Gasteiger partial charge in [-0.2, -0.15) is 0 Å². The molecule has 5 rings (SSSR count). The van der Waals surface area contributed by atoms with Gasteiger partial charge in [-0.05, 0) is 65.2 Å². The normalized spacial score (nSPS) is 10.5. The number of hydrogen-bond acceptors (Lipinski definition) is 5. The summed E-state index contributed by atoms with van der Waals surface area (Å²) in [6, 6.07) is 40.9. The summed E-state index contributed by atoms with van der Waals surface area (Å²) in [6.07, 6.45) is 0. The molecule has 0 saturated heterocycles. The van der Waals surface area contributed by atoms with Gasteiger partial charge in [-0.3, -0.25) is 14.5 Å². The van der Waals surface area contributed by atoms with E-state index in [1.54, 1.807) is 48.5 Å². The number of carbonyl (C=O) groups is 2. The van der Waals surface area contributed by atoms with Gasteiger partial charge in [0, 0.05) is 17.3 Å². The molecular weight excluding hydrogens is 542 g/mol. The molecule has 5 aromatic rings.